The third-order valence-electron chi connectivity index (χ3n) is 3.22. The largest absolute Gasteiger partial charge is 0.385 e. The van der Waals surface area contributed by atoms with Crippen LogP contribution in [-0.2, 0) is 9.47 Å². The van der Waals surface area contributed by atoms with Gasteiger partial charge >= 0.3 is 0 Å². The van der Waals surface area contributed by atoms with Crippen LogP contribution in [0.5, 0.6) is 0 Å². The van der Waals surface area contributed by atoms with E-state index in [0.29, 0.717) is 18.4 Å². The van der Waals surface area contributed by atoms with Crippen molar-refractivity contribution in [2.45, 2.75) is 37.6 Å². The Labute approximate surface area is 107 Å². The minimum absolute atomic E-state index is 0.193. The molecule has 18 heavy (non-hydrogen) atoms. The normalized spacial score (nSPS) is 19.0. The summed E-state index contributed by atoms with van der Waals surface area (Å²) in [4.78, 5) is 4.41. The van der Waals surface area contributed by atoms with Gasteiger partial charge in [-0.3, -0.25) is 0 Å². The third kappa shape index (κ3) is 3.51. The average molecular weight is 255 g/mol. The molecule has 2 N–H and O–H groups in total. The topological polar surface area (TPSA) is 83.4 Å². The molecule has 0 aromatic carbocycles. The number of aromatic nitrogens is 2. The van der Waals surface area contributed by atoms with Crippen molar-refractivity contribution in [1.29, 1.82) is 0 Å². The summed E-state index contributed by atoms with van der Waals surface area (Å²) in [5.41, 5.74) is 6.00. The van der Waals surface area contributed by atoms with Gasteiger partial charge in [-0.25, -0.2) is 0 Å². The quantitative estimate of drug-likeness (QED) is 0.773. The van der Waals surface area contributed by atoms with E-state index in [4.69, 9.17) is 19.7 Å². The van der Waals surface area contributed by atoms with Gasteiger partial charge in [0.1, 0.15) is 0 Å². The van der Waals surface area contributed by atoms with E-state index in [1.165, 1.54) is 0 Å². The molecule has 0 amide bonds. The molecular formula is C12H21N3O3. The standard InChI is InChI=1S/C12H21N3O3/c1-16-6-2-3-10(13)12-14-11(15-18-12)9-4-7-17-8-5-9/h9-10H,2-8,13H2,1H3. The number of rotatable bonds is 6. The highest BCUT2D eigenvalue weighted by atomic mass is 16.5. The predicted molar refractivity (Wildman–Crippen MR) is 65.1 cm³/mol. The second-order valence-electron chi connectivity index (χ2n) is 4.62. The third-order valence-corrected chi connectivity index (χ3v) is 3.22. The Morgan fingerprint density at radius 1 is 1.44 bits per heavy atom. The van der Waals surface area contributed by atoms with Gasteiger partial charge in [0.2, 0.25) is 5.89 Å². The zero-order valence-corrected chi connectivity index (χ0v) is 10.8. The summed E-state index contributed by atoms with van der Waals surface area (Å²) < 4.78 is 15.6. The molecule has 2 heterocycles. The molecule has 2 rings (SSSR count). The molecule has 0 bridgehead atoms. The van der Waals surface area contributed by atoms with Gasteiger partial charge in [-0.15, -0.1) is 0 Å². The molecule has 1 aliphatic heterocycles. The predicted octanol–water partition coefficient (Wildman–Crippen LogP) is 1.39. The average Bonchev–Trinajstić information content (AvgIpc) is 2.89. The van der Waals surface area contributed by atoms with Crippen LogP contribution in [0, 0.1) is 0 Å². The number of nitrogens with two attached hydrogens (primary N) is 1. The van der Waals surface area contributed by atoms with Crippen LogP contribution >= 0.6 is 0 Å². The molecule has 1 aromatic heterocycles. The number of methoxy groups -OCH3 is 1. The van der Waals surface area contributed by atoms with Crippen LogP contribution in [0.2, 0.25) is 0 Å². The highest BCUT2D eigenvalue weighted by molar-refractivity contribution is 4.99. The molecule has 6 nitrogen and oxygen atoms in total. The van der Waals surface area contributed by atoms with Crippen molar-refractivity contribution in [3.05, 3.63) is 11.7 Å². The lowest BCUT2D eigenvalue weighted by atomic mass is 10.00. The molecular weight excluding hydrogens is 234 g/mol. The van der Waals surface area contributed by atoms with E-state index in [9.17, 15) is 0 Å². The van der Waals surface area contributed by atoms with E-state index < -0.39 is 0 Å². The van der Waals surface area contributed by atoms with Crippen molar-refractivity contribution >= 4 is 0 Å². The minimum atomic E-state index is -0.193. The van der Waals surface area contributed by atoms with Gasteiger partial charge < -0.3 is 19.7 Å². The Balaban J connectivity index is 1.88. The molecule has 6 heteroatoms. The Hall–Kier alpha value is -0.980. The maximum Gasteiger partial charge on any atom is 0.243 e. The first-order valence-corrected chi connectivity index (χ1v) is 6.47. The van der Waals surface area contributed by atoms with E-state index in [1.807, 2.05) is 0 Å². The van der Waals surface area contributed by atoms with Gasteiger partial charge in [-0.05, 0) is 25.7 Å². The Kier molecular flexibility index (Phi) is 5.10. The van der Waals surface area contributed by atoms with Crippen molar-refractivity contribution in [2.24, 2.45) is 5.73 Å². The molecule has 0 spiro atoms. The van der Waals surface area contributed by atoms with Gasteiger partial charge in [0, 0.05) is 32.8 Å². The van der Waals surface area contributed by atoms with E-state index >= 15 is 0 Å². The molecule has 0 aliphatic carbocycles. The molecule has 1 fully saturated rings. The summed E-state index contributed by atoms with van der Waals surface area (Å²) >= 11 is 0. The molecule has 1 saturated heterocycles. The summed E-state index contributed by atoms with van der Waals surface area (Å²) in [6.45, 7) is 2.25. The molecule has 102 valence electrons. The fraction of sp³-hybridized carbons (Fsp3) is 0.833. The number of ether oxygens (including phenoxy) is 2. The van der Waals surface area contributed by atoms with Gasteiger partial charge in [0.15, 0.2) is 5.82 Å². The van der Waals surface area contributed by atoms with Crippen LogP contribution < -0.4 is 5.73 Å². The van der Waals surface area contributed by atoms with Crippen molar-refractivity contribution < 1.29 is 14.0 Å². The highest BCUT2D eigenvalue weighted by Crippen LogP contribution is 2.25. The maximum atomic E-state index is 6.00. The van der Waals surface area contributed by atoms with Gasteiger partial charge in [-0.2, -0.15) is 4.98 Å². The minimum Gasteiger partial charge on any atom is -0.385 e. The van der Waals surface area contributed by atoms with Crippen molar-refractivity contribution in [3.63, 3.8) is 0 Å². The SMILES string of the molecule is COCCCC(N)c1nc(C2CCOCC2)no1. The van der Waals surface area contributed by atoms with Crippen molar-refractivity contribution in [1.82, 2.24) is 10.1 Å². The second-order valence-corrected chi connectivity index (χ2v) is 4.62. The monoisotopic (exact) mass is 255 g/mol. The maximum absolute atomic E-state index is 6.00. The molecule has 1 unspecified atom stereocenters. The first kappa shape index (κ1) is 13.5. The zero-order chi connectivity index (χ0) is 12.8. The summed E-state index contributed by atoms with van der Waals surface area (Å²) in [6, 6.07) is -0.193. The van der Waals surface area contributed by atoms with E-state index in [2.05, 4.69) is 10.1 Å². The second kappa shape index (κ2) is 6.82. The Morgan fingerprint density at radius 3 is 2.94 bits per heavy atom. The molecule has 0 saturated carbocycles. The van der Waals surface area contributed by atoms with Crippen molar-refractivity contribution in [3.8, 4) is 0 Å². The summed E-state index contributed by atoms with van der Waals surface area (Å²) in [7, 11) is 1.68. The molecule has 1 aromatic rings. The van der Waals surface area contributed by atoms with Crippen LogP contribution in [0.1, 0.15) is 49.4 Å². The Bertz CT molecular complexity index is 350. The number of hydrogen-bond acceptors (Lipinski definition) is 6. The lowest BCUT2D eigenvalue weighted by Crippen LogP contribution is -2.16. The lowest BCUT2D eigenvalue weighted by Gasteiger charge is -2.18. The first-order valence-electron chi connectivity index (χ1n) is 6.47. The molecule has 1 atom stereocenters. The Morgan fingerprint density at radius 2 is 2.22 bits per heavy atom. The summed E-state index contributed by atoms with van der Waals surface area (Å²) in [6.07, 6.45) is 3.60. The molecule has 1 aliphatic rings. The van der Waals surface area contributed by atoms with Crippen LogP contribution in [0.25, 0.3) is 0 Å². The van der Waals surface area contributed by atoms with E-state index in [-0.39, 0.29) is 6.04 Å². The van der Waals surface area contributed by atoms with Crippen LogP contribution in [-0.4, -0.2) is 37.1 Å². The van der Waals surface area contributed by atoms with Gasteiger partial charge in [0.25, 0.3) is 0 Å². The van der Waals surface area contributed by atoms with E-state index in [0.717, 1.165) is 44.7 Å². The van der Waals surface area contributed by atoms with Crippen LogP contribution in [0.15, 0.2) is 4.52 Å². The number of nitrogens with zero attached hydrogens (tertiary/aromatic N) is 2. The fourth-order valence-corrected chi connectivity index (χ4v) is 2.09. The number of hydrogen-bond donors (Lipinski definition) is 1. The zero-order valence-electron chi connectivity index (χ0n) is 10.8. The summed E-state index contributed by atoms with van der Waals surface area (Å²) in [5.74, 6) is 1.66. The van der Waals surface area contributed by atoms with Gasteiger partial charge in [-0.1, -0.05) is 5.16 Å². The van der Waals surface area contributed by atoms with E-state index in [1.54, 1.807) is 7.11 Å². The van der Waals surface area contributed by atoms with Crippen LogP contribution in [0.4, 0.5) is 0 Å². The van der Waals surface area contributed by atoms with Gasteiger partial charge in [0.05, 0.1) is 6.04 Å². The fourth-order valence-electron chi connectivity index (χ4n) is 2.09. The van der Waals surface area contributed by atoms with Crippen molar-refractivity contribution in [2.75, 3.05) is 26.9 Å². The molecule has 0 radical (unpaired) electrons. The smallest absolute Gasteiger partial charge is 0.243 e. The lowest BCUT2D eigenvalue weighted by molar-refractivity contribution is 0.0830. The summed E-state index contributed by atoms with van der Waals surface area (Å²) in [5, 5.41) is 4.04. The van der Waals surface area contributed by atoms with Crippen LogP contribution in [0.3, 0.4) is 0 Å². The highest BCUT2D eigenvalue weighted by Gasteiger charge is 2.23. The first-order chi connectivity index (χ1) is 8.81.